The summed E-state index contributed by atoms with van der Waals surface area (Å²) >= 11 is 1.33. The summed E-state index contributed by atoms with van der Waals surface area (Å²) in [4.78, 5) is 17.4. The van der Waals surface area contributed by atoms with Crippen molar-refractivity contribution in [1.29, 1.82) is 0 Å². The van der Waals surface area contributed by atoms with Crippen molar-refractivity contribution >= 4 is 27.2 Å². The summed E-state index contributed by atoms with van der Waals surface area (Å²) in [6.45, 7) is 1.93. The number of nitrogens with zero attached hydrogens (tertiary/aromatic N) is 1. The molecule has 0 fully saturated rings. The smallest absolute Gasteiger partial charge is 0.163 e. The van der Waals surface area contributed by atoms with Crippen LogP contribution in [0.4, 0.5) is 4.39 Å². The number of ketones is 1. The summed E-state index contributed by atoms with van der Waals surface area (Å²) in [6, 6.07) is 13.6. The van der Waals surface area contributed by atoms with Gasteiger partial charge in [0, 0.05) is 28.3 Å². The van der Waals surface area contributed by atoms with Crippen molar-refractivity contribution in [3.63, 3.8) is 0 Å². The van der Waals surface area contributed by atoms with Crippen LogP contribution in [0.1, 0.15) is 40.6 Å². The van der Waals surface area contributed by atoms with E-state index >= 15 is 0 Å². The number of aliphatic hydroxyl groups excluding tert-OH is 1. The molecule has 0 saturated carbocycles. The lowest BCUT2D eigenvalue weighted by atomic mass is 10.0. The fourth-order valence-corrected chi connectivity index (χ4v) is 4.74. The molecule has 0 radical (unpaired) electrons. The molecule has 2 aromatic heterocycles. The molecule has 0 spiro atoms. The molecule has 0 aliphatic carbocycles. The first kappa shape index (κ1) is 22.9. The van der Waals surface area contributed by atoms with Gasteiger partial charge in [0.25, 0.3) is 0 Å². The number of carbonyl (C=O) groups excluding carboxylic acids is 1. The zero-order valence-corrected chi connectivity index (χ0v) is 19.4. The maximum atomic E-state index is 14.1. The van der Waals surface area contributed by atoms with Crippen LogP contribution in [-0.2, 0) is 0 Å². The minimum absolute atomic E-state index is 0.110. The molecular weight excluding hydrogens is 441 g/mol. The van der Waals surface area contributed by atoms with Crippen LogP contribution in [-0.4, -0.2) is 30.1 Å². The van der Waals surface area contributed by atoms with Crippen LogP contribution in [0.15, 0.2) is 53.9 Å². The van der Waals surface area contributed by atoms with Crippen LogP contribution in [0, 0.1) is 12.7 Å². The second-order valence-electron chi connectivity index (χ2n) is 7.71. The highest BCUT2D eigenvalue weighted by molar-refractivity contribution is 7.17. The number of ether oxygens (including phenoxy) is 2. The Kier molecular flexibility index (Phi) is 6.72. The Hall–Kier alpha value is -3.29. The van der Waals surface area contributed by atoms with Crippen molar-refractivity contribution in [3.8, 4) is 22.8 Å². The summed E-state index contributed by atoms with van der Waals surface area (Å²) in [5, 5.41) is 13.4. The molecule has 7 heteroatoms. The van der Waals surface area contributed by atoms with Crippen molar-refractivity contribution in [2.75, 3.05) is 14.2 Å². The van der Waals surface area contributed by atoms with Crippen LogP contribution >= 0.6 is 11.3 Å². The average molecular weight is 466 g/mol. The van der Waals surface area contributed by atoms with E-state index in [2.05, 4.69) is 4.98 Å². The van der Waals surface area contributed by atoms with Crippen LogP contribution < -0.4 is 9.47 Å². The first-order chi connectivity index (χ1) is 15.9. The van der Waals surface area contributed by atoms with Gasteiger partial charge in [-0.3, -0.25) is 4.79 Å². The van der Waals surface area contributed by atoms with Gasteiger partial charge in [0.2, 0.25) is 0 Å². The Bertz CT molecular complexity index is 1320. The average Bonchev–Trinajstić information content (AvgIpc) is 3.27. The highest BCUT2D eigenvalue weighted by atomic mass is 32.1. The monoisotopic (exact) mass is 465 g/mol. The lowest BCUT2D eigenvalue weighted by molar-refractivity contribution is 0.0937. The normalized spacial score (nSPS) is 12.0. The topological polar surface area (TPSA) is 68.7 Å². The van der Waals surface area contributed by atoms with E-state index in [1.807, 2.05) is 24.4 Å². The zero-order valence-electron chi connectivity index (χ0n) is 18.6. The SMILES string of the molecule is COc1ccc(C(=O)CCC(O)c2ccc(C)c(-c3csc4c(F)cccc34)n2)cc1OC. The molecule has 0 saturated heterocycles. The van der Waals surface area contributed by atoms with Crippen LogP contribution in [0.2, 0.25) is 0 Å². The highest BCUT2D eigenvalue weighted by Crippen LogP contribution is 2.36. The fraction of sp³-hybridized carbons (Fsp3) is 0.231. The number of benzene rings is 2. The summed E-state index contributed by atoms with van der Waals surface area (Å²) in [6.07, 6.45) is -0.536. The number of aliphatic hydroxyl groups is 1. The second kappa shape index (κ2) is 9.68. The van der Waals surface area contributed by atoms with Gasteiger partial charge in [-0.1, -0.05) is 18.2 Å². The lowest BCUT2D eigenvalue weighted by Crippen LogP contribution is -2.07. The molecule has 5 nitrogen and oxygen atoms in total. The molecular formula is C26H24FNO4S. The van der Waals surface area contributed by atoms with Gasteiger partial charge in [-0.15, -0.1) is 11.3 Å². The van der Waals surface area contributed by atoms with E-state index in [4.69, 9.17) is 9.47 Å². The van der Waals surface area contributed by atoms with Crippen LogP contribution in [0.25, 0.3) is 21.3 Å². The molecule has 0 aliphatic heterocycles. The number of hydrogen-bond acceptors (Lipinski definition) is 6. The Morgan fingerprint density at radius 3 is 2.67 bits per heavy atom. The molecule has 4 aromatic rings. The quantitative estimate of drug-likeness (QED) is 0.317. The van der Waals surface area contributed by atoms with E-state index in [0.29, 0.717) is 33.2 Å². The number of carbonyl (C=O) groups is 1. The molecule has 33 heavy (non-hydrogen) atoms. The zero-order chi connectivity index (χ0) is 23.5. The summed E-state index contributed by atoms with van der Waals surface area (Å²) in [5.74, 6) is 0.660. The minimum atomic E-state index is -0.907. The number of pyridine rings is 1. The number of fused-ring (bicyclic) bond motifs is 1. The third-order valence-electron chi connectivity index (χ3n) is 5.62. The third kappa shape index (κ3) is 4.60. The van der Waals surface area contributed by atoms with Gasteiger partial charge in [0.15, 0.2) is 17.3 Å². The molecule has 1 unspecified atom stereocenters. The van der Waals surface area contributed by atoms with Crippen molar-refractivity contribution in [1.82, 2.24) is 4.98 Å². The standard InChI is InChI=1S/C26H24FNO4S/c1-15-7-9-20(28-25(15)18-14-33-26-17(18)5-4-6-19(26)27)22(30)11-10-21(29)16-8-12-23(31-2)24(13-16)32-3/h4-9,12-14,22,30H,10-11H2,1-3H3. The largest absolute Gasteiger partial charge is 0.493 e. The number of hydrogen-bond donors (Lipinski definition) is 1. The van der Waals surface area contributed by atoms with E-state index in [9.17, 15) is 14.3 Å². The predicted molar refractivity (Wildman–Crippen MR) is 128 cm³/mol. The first-order valence-electron chi connectivity index (χ1n) is 10.5. The van der Waals surface area contributed by atoms with Gasteiger partial charge >= 0.3 is 0 Å². The van der Waals surface area contributed by atoms with Crippen LogP contribution in [0.3, 0.4) is 0 Å². The summed E-state index contributed by atoms with van der Waals surface area (Å²) in [5.41, 5.74) is 3.43. The number of thiophene rings is 1. The molecule has 0 amide bonds. The van der Waals surface area contributed by atoms with Crippen molar-refractivity contribution in [3.05, 3.63) is 76.5 Å². The van der Waals surface area contributed by atoms with Gasteiger partial charge in [0.1, 0.15) is 5.82 Å². The first-order valence-corrected chi connectivity index (χ1v) is 11.4. The molecule has 1 N–H and O–H groups in total. The number of rotatable bonds is 8. The van der Waals surface area contributed by atoms with E-state index in [1.54, 1.807) is 30.3 Å². The fourth-order valence-electron chi connectivity index (χ4n) is 3.78. The van der Waals surface area contributed by atoms with Gasteiger partial charge in [-0.2, -0.15) is 0 Å². The molecule has 2 aromatic carbocycles. The van der Waals surface area contributed by atoms with Crippen molar-refractivity contribution in [2.45, 2.75) is 25.9 Å². The number of aryl methyl sites for hydroxylation is 1. The molecule has 0 bridgehead atoms. The van der Waals surface area contributed by atoms with Crippen molar-refractivity contribution < 1.29 is 23.8 Å². The molecule has 170 valence electrons. The molecule has 0 aliphatic rings. The molecule has 1 atom stereocenters. The Balaban J connectivity index is 1.53. The lowest BCUT2D eigenvalue weighted by Gasteiger charge is -2.13. The van der Waals surface area contributed by atoms with E-state index in [1.165, 1.54) is 31.6 Å². The maximum absolute atomic E-state index is 14.1. The van der Waals surface area contributed by atoms with Gasteiger partial charge in [0.05, 0.1) is 36.4 Å². The second-order valence-corrected chi connectivity index (χ2v) is 8.59. The van der Waals surface area contributed by atoms with Gasteiger partial charge in [-0.05, 0) is 49.2 Å². The minimum Gasteiger partial charge on any atom is -0.493 e. The number of methoxy groups -OCH3 is 2. The van der Waals surface area contributed by atoms with Gasteiger partial charge in [-0.25, -0.2) is 9.37 Å². The predicted octanol–water partition coefficient (Wildman–Crippen LogP) is 6.12. The Labute approximate surface area is 195 Å². The highest BCUT2D eigenvalue weighted by Gasteiger charge is 2.18. The molecule has 4 rings (SSSR count). The van der Waals surface area contributed by atoms with E-state index < -0.39 is 6.10 Å². The third-order valence-corrected chi connectivity index (χ3v) is 6.62. The Morgan fingerprint density at radius 2 is 1.91 bits per heavy atom. The number of halogens is 1. The Morgan fingerprint density at radius 1 is 1.12 bits per heavy atom. The van der Waals surface area contributed by atoms with E-state index in [0.717, 1.165) is 16.5 Å². The van der Waals surface area contributed by atoms with Gasteiger partial charge < -0.3 is 14.6 Å². The summed E-state index contributed by atoms with van der Waals surface area (Å²) < 4.78 is 25.2. The summed E-state index contributed by atoms with van der Waals surface area (Å²) in [7, 11) is 3.05. The number of aromatic nitrogens is 1. The van der Waals surface area contributed by atoms with Crippen LogP contribution in [0.5, 0.6) is 11.5 Å². The molecule has 2 heterocycles. The maximum Gasteiger partial charge on any atom is 0.163 e. The van der Waals surface area contributed by atoms with Crippen molar-refractivity contribution in [2.24, 2.45) is 0 Å². The van der Waals surface area contributed by atoms with E-state index in [-0.39, 0.29) is 24.4 Å². The number of Topliss-reactive ketones (excluding diaryl/α,β-unsaturated/α-hetero) is 1.